The molecule has 3 N–H and O–H groups in total. The molecule has 1 atom stereocenters. The van der Waals surface area contributed by atoms with E-state index in [1.54, 1.807) is 0 Å². The van der Waals surface area contributed by atoms with Crippen molar-refractivity contribution in [1.29, 1.82) is 0 Å². The predicted octanol–water partition coefficient (Wildman–Crippen LogP) is 1.60. The van der Waals surface area contributed by atoms with Crippen LogP contribution in [0.4, 0.5) is 4.79 Å². The van der Waals surface area contributed by atoms with Gasteiger partial charge in [0, 0.05) is 26.3 Å². The maximum atomic E-state index is 11.7. The number of urea groups is 1. The molecule has 1 unspecified atom stereocenters. The lowest BCUT2D eigenvalue weighted by atomic mass is 9.82. The molecule has 1 aliphatic heterocycles. The second-order valence-electron chi connectivity index (χ2n) is 5.42. The SMILES string of the molecule is CCC(CC)(CNC(=O)NCCC1CCOC1)C(=O)O. The van der Waals surface area contributed by atoms with Crippen molar-refractivity contribution in [3.8, 4) is 0 Å². The van der Waals surface area contributed by atoms with Gasteiger partial charge in [-0.3, -0.25) is 4.79 Å². The van der Waals surface area contributed by atoms with Crippen LogP contribution in [0.25, 0.3) is 0 Å². The van der Waals surface area contributed by atoms with Gasteiger partial charge in [0.25, 0.3) is 0 Å². The Balaban J connectivity index is 2.25. The van der Waals surface area contributed by atoms with Crippen LogP contribution in [0.2, 0.25) is 0 Å². The maximum absolute atomic E-state index is 11.7. The fraction of sp³-hybridized carbons (Fsp3) is 0.857. The molecule has 6 nitrogen and oxygen atoms in total. The Morgan fingerprint density at radius 1 is 1.30 bits per heavy atom. The van der Waals surface area contributed by atoms with Gasteiger partial charge in [-0.25, -0.2) is 4.79 Å². The van der Waals surface area contributed by atoms with Crippen molar-refractivity contribution in [2.75, 3.05) is 26.3 Å². The fourth-order valence-corrected chi connectivity index (χ4v) is 2.39. The largest absolute Gasteiger partial charge is 0.481 e. The summed E-state index contributed by atoms with van der Waals surface area (Å²) in [6.45, 7) is 6.00. The van der Waals surface area contributed by atoms with Gasteiger partial charge in [-0.05, 0) is 31.6 Å². The summed E-state index contributed by atoms with van der Waals surface area (Å²) < 4.78 is 5.27. The molecule has 1 aliphatic rings. The highest BCUT2D eigenvalue weighted by Gasteiger charge is 2.35. The number of hydrogen-bond donors (Lipinski definition) is 3. The van der Waals surface area contributed by atoms with Gasteiger partial charge in [0.15, 0.2) is 0 Å². The molecule has 0 aromatic heterocycles. The van der Waals surface area contributed by atoms with Gasteiger partial charge in [-0.2, -0.15) is 0 Å². The normalized spacial score (nSPS) is 18.8. The number of amides is 2. The van der Waals surface area contributed by atoms with Crippen molar-refractivity contribution in [2.24, 2.45) is 11.3 Å². The van der Waals surface area contributed by atoms with E-state index in [1.807, 2.05) is 13.8 Å². The summed E-state index contributed by atoms with van der Waals surface area (Å²) in [6.07, 6.45) is 2.95. The quantitative estimate of drug-likeness (QED) is 0.632. The first kappa shape index (κ1) is 16.8. The molecule has 20 heavy (non-hydrogen) atoms. The average Bonchev–Trinajstić information content (AvgIpc) is 2.93. The predicted molar refractivity (Wildman–Crippen MR) is 75.6 cm³/mol. The van der Waals surface area contributed by atoms with Crippen LogP contribution >= 0.6 is 0 Å². The lowest BCUT2D eigenvalue weighted by molar-refractivity contribution is -0.149. The van der Waals surface area contributed by atoms with E-state index in [-0.39, 0.29) is 12.6 Å². The van der Waals surface area contributed by atoms with Crippen molar-refractivity contribution >= 4 is 12.0 Å². The van der Waals surface area contributed by atoms with E-state index in [0.717, 1.165) is 26.1 Å². The van der Waals surface area contributed by atoms with Crippen LogP contribution < -0.4 is 10.6 Å². The molecule has 0 spiro atoms. The Bertz CT molecular complexity index is 323. The van der Waals surface area contributed by atoms with Crippen LogP contribution in [-0.2, 0) is 9.53 Å². The van der Waals surface area contributed by atoms with Gasteiger partial charge in [-0.1, -0.05) is 13.8 Å². The standard InChI is InChI=1S/C14H26N2O4/c1-3-14(4-2,12(17)18)10-16-13(19)15-7-5-11-6-8-20-9-11/h11H,3-10H2,1-2H3,(H,17,18)(H2,15,16,19). The third kappa shape index (κ3) is 4.67. The molecule has 1 fully saturated rings. The maximum Gasteiger partial charge on any atom is 0.314 e. The van der Waals surface area contributed by atoms with E-state index in [0.29, 0.717) is 25.3 Å². The van der Waals surface area contributed by atoms with Gasteiger partial charge in [0.1, 0.15) is 0 Å². The van der Waals surface area contributed by atoms with Crippen molar-refractivity contribution in [3.05, 3.63) is 0 Å². The van der Waals surface area contributed by atoms with E-state index >= 15 is 0 Å². The molecule has 0 aromatic carbocycles. The minimum Gasteiger partial charge on any atom is -0.481 e. The molecular weight excluding hydrogens is 260 g/mol. The Morgan fingerprint density at radius 3 is 2.50 bits per heavy atom. The fourth-order valence-electron chi connectivity index (χ4n) is 2.39. The second-order valence-corrected chi connectivity index (χ2v) is 5.42. The Morgan fingerprint density at radius 2 is 2.00 bits per heavy atom. The van der Waals surface area contributed by atoms with Crippen molar-refractivity contribution in [1.82, 2.24) is 10.6 Å². The second kappa shape index (κ2) is 8.09. The third-order valence-electron chi connectivity index (χ3n) is 4.26. The number of carboxylic acid groups (broad SMARTS) is 1. The minimum absolute atomic E-state index is 0.160. The molecule has 0 bridgehead atoms. The summed E-state index contributed by atoms with van der Waals surface area (Å²) >= 11 is 0. The zero-order valence-electron chi connectivity index (χ0n) is 12.4. The van der Waals surface area contributed by atoms with Crippen molar-refractivity contribution in [3.63, 3.8) is 0 Å². The summed E-state index contributed by atoms with van der Waals surface area (Å²) in [5.74, 6) is -0.328. The van der Waals surface area contributed by atoms with Crippen LogP contribution in [0.3, 0.4) is 0 Å². The average molecular weight is 286 g/mol. The van der Waals surface area contributed by atoms with E-state index in [1.165, 1.54) is 0 Å². The molecule has 1 saturated heterocycles. The zero-order valence-corrected chi connectivity index (χ0v) is 12.4. The van der Waals surface area contributed by atoms with Crippen LogP contribution in [0.15, 0.2) is 0 Å². The Kier molecular flexibility index (Phi) is 6.78. The molecule has 6 heteroatoms. The Hall–Kier alpha value is -1.30. The van der Waals surface area contributed by atoms with Gasteiger partial charge < -0.3 is 20.5 Å². The molecular formula is C14H26N2O4. The first-order valence-corrected chi connectivity index (χ1v) is 7.37. The number of hydrogen-bond acceptors (Lipinski definition) is 3. The van der Waals surface area contributed by atoms with Crippen molar-refractivity contribution in [2.45, 2.75) is 39.5 Å². The molecule has 0 saturated carbocycles. The number of nitrogens with one attached hydrogen (secondary N) is 2. The number of ether oxygens (including phenoxy) is 1. The molecule has 1 heterocycles. The summed E-state index contributed by atoms with van der Waals surface area (Å²) in [5, 5.41) is 14.7. The summed E-state index contributed by atoms with van der Waals surface area (Å²) in [5.41, 5.74) is -0.864. The highest BCUT2D eigenvalue weighted by Crippen LogP contribution is 2.25. The number of aliphatic carboxylic acids is 1. The van der Waals surface area contributed by atoms with Crippen LogP contribution in [-0.4, -0.2) is 43.4 Å². The van der Waals surface area contributed by atoms with Crippen molar-refractivity contribution < 1.29 is 19.4 Å². The van der Waals surface area contributed by atoms with Gasteiger partial charge >= 0.3 is 12.0 Å². The van der Waals surface area contributed by atoms with Crippen LogP contribution in [0.1, 0.15) is 39.5 Å². The minimum atomic E-state index is -0.864. The lowest BCUT2D eigenvalue weighted by Crippen LogP contribution is -2.46. The van der Waals surface area contributed by atoms with E-state index < -0.39 is 11.4 Å². The number of carbonyl (C=O) groups excluding carboxylic acids is 1. The lowest BCUT2D eigenvalue weighted by Gasteiger charge is -2.26. The van der Waals surface area contributed by atoms with E-state index in [2.05, 4.69) is 10.6 Å². The molecule has 116 valence electrons. The molecule has 0 radical (unpaired) electrons. The number of carbonyl (C=O) groups is 2. The zero-order chi connectivity index (χ0) is 15.0. The smallest absolute Gasteiger partial charge is 0.314 e. The number of rotatable bonds is 8. The molecule has 0 aliphatic carbocycles. The highest BCUT2D eigenvalue weighted by atomic mass is 16.5. The van der Waals surface area contributed by atoms with Gasteiger partial charge in [-0.15, -0.1) is 0 Å². The van der Waals surface area contributed by atoms with Crippen LogP contribution in [0, 0.1) is 11.3 Å². The summed E-state index contributed by atoms with van der Waals surface area (Å²) in [4.78, 5) is 23.0. The van der Waals surface area contributed by atoms with E-state index in [4.69, 9.17) is 4.74 Å². The monoisotopic (exact) mass is 286 g/mol. The Labute approximate surface area is 120 Å². The van der Waals surface area contributed by atoms with E-state index in [9.17, 15) is 14.7 Å². The first-order valence-electron chi connectivity index (χ1n) is 7.37. The van der Waals surface area contributed by atoms with Gasteiger partial charge in [0.05, 0.1) is 5.41 Å². The molecule has 0 aromatic rings. The summed E-state index contributed by atoms with van der Waals surface area (Å²) in [6, 6.07) is -0.295. The molecule has 2 amide bonds. The summed E-state index contributed by atoms with van der Waals surface area (Å²) in [7, 11) is 0. The molecule has 1 rings (SSSR count). The third-order valence-corrected chi connectivity index (χ3v) is 4.26. The topological polar surface area (TPSA) is 87.7 Å². The number of carboxylic acids is 1. The van der Waals surface area contributed by atoms with Gasteiger partial charge in [0.2, 0.25) is 0 Å². The highest BCUT2D eigenvalue weighted by molar-refractivity contribution is 5.78. The van der Waals surface area contributed by atoms with Crippen LogP contribution in [0.5, 0.6) is 0 Å². The first-order chi connectivity index (χ1) is 9.54.